The number of fused-ring (bicyclic) bond motifs is 2. The largest absolute Gasteiger partial charge is 0.454 e. The number of rotatable bonds is 6. The van der Waals surface area contributed by atoms with Crippen molar-refractivity contribution in [3.8, 4) is 11.3 Å². The molecule has 6 rings (SSSR count). The molecular formula is C36H32N2O5. The molecule has 1 saturated heterocycles. The third-order valence-corrected chi connectivity index (χ3v) is 8.64. The van der Waals surface area contributed by atoms with Crippen molar-refractivity contribution < 1.29 is 23.9 Å². The van der Waals surface area contributed by atoms with Gasteiger partial charge in [0.2, 0.25) is 11.8 Å². The molecule has 3 atom stereocenters. The number of allylic oxidation sites excluding steroid dienone is 2. The lowest BCUT2D eigenvalue weighted by Gasteiger charge is -2.22. The molecule has 1 aromatic heterocycles. The van der Waals surface area contributed by atoms with E-state index in [1.807, 2.05) is 64.1 Å². The maximum atomic E-state index is 13.4. The minimum Gasteiger partial charge on any atom is -0.454 e. The average Bonchev–Trinajstić information content (AvgIpc) is 3.26. The number of hydrogen-bond acceptors (Lipinski definition) is 6. The summed E-state index contributed by atoms with van der Waals surface area (Å²) in [4.78, 5) is 58.6. The quantitative estimate of drug-likeness (QED) is 0.112. The third-order valence-electron chi connectivity index (χ3n) is 8.64. The number of carbonyl (C=O) groups excluding carboxylic acids is 4. The van der Waals surface area contributed by atoms with Gasteiger partial charge in [-0.2, -0.15) is 0 Å². The Kier molecular flexibility index (Phi) is 7.26. The zero-order valence-corrected chi connectivity index (χ0v) is 24.6. The summed E-state index contributed by atoms with van der Waals surface area (Å²) in [6, 6.07) is 19.8. The van der Waals surface area contributed by atoms with Crippen molar-refractivity contribution in [2.45, 2.75) is 34.1 Å². The number of carbonyl (C=O) groups is 4. The molecule has 2 aliphatic rings. The molecule has 0 saturated carbocycles. The number of amides is 2. The summed E-state index contributed by atoms with van der Waals surface area (Å²) in [5.74, 6) is -1.88. The average molecular weight is 573 g/mol. The lowest BCUT2D eigenvalue weighted by Crippen LogP contribution is -2.31. The van der Waals surface area contributed by atoms with Crippen molar-refractivity contribution in [1.29, 1.82) is 0 Å². The van der Waals surface area contributed by atoms with E-state index in [0.717, 1.165) is 16.7 Å². The van der Waals surface area contributed by atoms with Crippen LogP contribution in [0, 0.1) is 38.5 Å². The van der Waals surface area contributed by atoms with Crippen LogP contribution in [0.5, 0.6) is 0 Å². The highest BCUT2D eigenvalue weighted by Crippen LogP contribution is 2.40. The molecule has 43 heavy (non-hydrogen) atoms. The SMILES string of the molecule is Cc1ccc2nc(-c3ccc(N4C(=O)C5CC=CC(C)C5C4=O)cc3)cc(C(=O)OCC(=O)c3ccc(C)c(C)c3)c2c1. The third kappa shape index (κ3) is 5.16. The normalized spacial score (nSPS) is 19.5. The van der Waals surface area contributed by atoms with E-state index in [9.17, 15) is 19.2 Å². The number of aromatic nitrogens is 1. The van der Waals surface area contributed by atoms with Gasteiger partial charge in [0.25, 0.3) is 0 Å². The molecule has 1 fully saturated rings. The number of benzene rings is 3. The molecule has 3 unspecified atom stereocenters. The summed E-state index contributed by atoms with van der Waals surface area (Å²) < 4.78 is 5.52. The number of anilines is 1. The van der Waals surface area contributed by atoms with Gasteiger partial charge >= 0.3 is 5.97 Å². The second-order valence-electron chi connectivity index (χ2n) is 11.6. The topological polar surface area (TPSA) is 93.6 Å². The van der Waals surface area contributed by atoms with Gasteiger partial charge in [-0.05, 0) is 80.6 Å². The Morgan fingerprint density at radius 1 is 0.907 bits per heavy atom. The first-order valence-electron chi connectivity index (χ1n) is 14.5. The standard InChI is InChI=1S/C36H32N2O5/c1-20-8-15-30-28(16-20)29(36(42)43-19-32(39)25-10-9-21(2)23(4)17-25)18-31(37-30)24-11-13-26(14-12-24)38-34(40)27-7-5-6-22(3)33(27)35(38)41/h5-6,8-18,22,27,33H,7,19H2,1-4H3. The Bertz CT molecular complexity index is 1840. The van der Waals surface area contributed by atoms with Gasteiger partial charge in [0.15, 0.2) is 12.4 Å². The minimum absolute atomic E-state index is 0.0133. The Labute approximate surface area is 250 Å². The molecule has 0 bridgehead atoms. The van der Waals surface area contributed by atoms with E-state index < -0.39 is 5.97 Å². The maximum absolute atomic E-state index is 13.4. The number of pyridine rings is 1. The van der Waals surface area contributed by atoms with E-state index in [0.29, 0.717) is 45.4 Å². The van der Waals surface area contributed by atoms with Crippen LogP contribution in [0.2, 0.25) is 0 Å². The zero-order valence-electron chi connectivity index (χ0n) is 24.6. The van der Waals surface area contributed by atoms with Gasteiger partial charge in [-0.3, -0.25) is 19.3 Å². The van der Waals surface area contributed by atoms with E-state index in [1.54, 1.807) is 42.5 Å². The molecule has 0 N–H and O–H groups in total. The molecule has 3 aromatic carbocycles. The molecule has 7 heteroatoms. The molecule has 4 aromatic rings. The van der Waals surface area contributed by atoms with Crippen LogP contribution in [0.15, 0.2) is 78.9 Å². The minimum atomic E-state index is -0.619. The summed E-state index contributed by atoms with van der Waals surface area (Å²) in [5.41, 5.74) is 6.18. The number of nitrogens with zero attached hydrogens (tertiary/aromatic N) is 2. The Balaban J connectivity index is 1.28. The van der Waals surface area contributed by atoms with Crippen LogP contribution in [-0.2, 0) is 14.3 Å². The van der Waals surface area contributed by atoms with Crippen LogP contribution < -0.4 is 4.90 Å². The lowest BCUT2D eigenvalue weighted by atomic mass is 9.78. The Hall–Kier alpha value is -4.91. The van der Waals surface area contributed by atoms with Gasteiger partial charge in [-0.25, -0.2) is 9.78 Å². The highest BCUT2D eigenvalue weighted by Gasteiger charge is 2.50. The molecule has 0 radical (unpaired) electrons. The van der Waals surface area contributed by atoms with Gasteiger partial charge in [0.05, 0.1) is 34.3 Å². The van der Waals surface area contributed by atoms with Crippen LogP contribution in [0.4, 0.5) is 5.69 Å². The van der Waals surface area contributed by atoms with E-state index >= 15 is 0 Å². The summed E-state index contributed by atoms with van der Waals surface area (Å²) in [7, 11) is 0. The number of ketones is 1. The van der Waals surface area contributed by atoms with Crippen molar-refractivity contribution in [3.63, 3.8) is 0 Å². The van der Waals surface area contributed by atoms with Crippen molar-refractivity contribution in [3.05, 3.63) is 107 Å². The van der Waals surface area contributed by atoms with Crippen molar-refractivity contribution in [1.82, 2.24) is 4.98 Å². The van der Waals surface area contributed by atoms with E-state index in [-0.39, 0.29) is 42.0 Å². The smallest absolute Gasteiger partial charge is 0.339 e. The van der Waals surface area contributed by atoms with Gasteiger partial charge in [0, 0.05) is 16.5 Å². The molecule has 7 nitrogen and oxygen atoms in total. The summed E-state index contributed by atoms with van der Waals surface area (Å²) in [5, 5.41) is 0.627. The van der Waals surface area contributed by atoms with Gasteiger partial charge in [-0.15, -0.1) is 0 Å². The fraction of sp³-hybridized carbons (Fsp3) is 0.250. The van der Waals surface area contributed by atoms with Crippen LogP contribution in [-0.4, -0.2) is 35.2 Å². The molecule has 1 aliphatic heterocycles. The number of aryl methyl sites for hydroxylation is 3. The van der Waals surface area contributed by atoms with Crippen LogP contribution >= 0.6 is 0 Å². The van der Waals surface area contributed by atoms with Crippen LogP contribution in [0.3, 0.4) is 0 Å². The van der Waals surface area contributed by atoms with Gasteiger partial charge < -0.3 is 4.74 Å². The van der Waals surface area contributed by atoms with E-state index in [4.69, 9.17) is 9.72 Å². The van der Waals surface area contributed by atoms with Crippen molar-refractivity contribution >= 4 is 40.2 Å². The molecule has 2 heterocycles. The summed E-state index contributed by atoms with van der Waals surface area (Å²) in [6.45, 7) is 7.43. The van der Waals surface area contributed by atoms with E-state index in [2.05, 4.69) is 0 Å². The summed E-state index contributed by atoms with van der Waals surface area (Å²) in [6.07, 6.45) is 4.57. The number of hydrogen-bond donors (Lipinski definition) is 0. The number of imide groups is 1. The Morgan fingerprint density at radius 2 is 1.67 bits per heavy atom. The second-order valence-corrected chi connectivity index (χ2v) is 11.6. The fourth-order valence-electron chi connectivity index (χ4n) is 6.05. The molecule has 0 spiro atoms. The highest BCUT2D eigenvalue weighted by atomic mass is 16.5. The Morgan fingerprint density at radius 3 is 2.40 bits per heavy atom. The van der Waals surface area contributed by atoms with Gasteiger partial charge in [-0.1, -0.05) is 55.0 Å². The monoisotopic (exact) mass is 572 g/mol. The molecule has 2 amide bonds. The van der Waals surface area contributed by atoms with Crippen molar-refractivity contribution in [2.24, 2.45) is 17.8 Å². The lowest BCUT2D eigenvalue weighted by molar-refractivity contribution is -0.122. The number of ether oxygens (including phenoxy) is 1. The maximum Gasteiger partial charge on any atom is 0.339 e. The van der Waals surface area contributed by atoms with Crippen LogP contribution in [0.25, 0.3) is 22.2 Å². The van der Waals surface area contributed by atoms with Crippen molar-refractivity contribution in [2.75, 3.05) is 11.5 Å². The number of esters is 1. The molecular weight excluding hydrogens is 540 g/mol. The second kappa shape index (κ2) is 11.1. The first-order valence-corrected chi connectivity index (χ1v) is 14.5. The highest BCUT2D eigenvalue weighted by molar-refractivity contribution is 6.22. The summed E-state index contributed by atoms with van der Waals surface area (Å²) >= 11 is 0. The van der Waals surface area contributed by atoms with E-state index in [1.165, 1.54) is 4.90 Å². The molecule has 1 aliphatic carbocycles. The fourth-order valence-corrected chi connectivity index (χ4v) is 6.05. The number of Topliss-reactive ketones (excluding diaryl/α,β-unsaturated/α-hetero) is 1. The predicted molar refractivity (Wildman–Crippen MR) is 165 cm³/mol. The van der Waals surface area contributed by atoms with Crippen LogP contribution in [0.1, 0.15) is 50.8 Å². The molecule has 216 valence electrons. The first-order chi connectivity index (χ1) is 20.6. The van der Waals surface area contributed by atoms with Gasteiger partial charge in [0.1, 0.15) is 0 Å². The first kappa shape index (κ1) is 28.2. The zero-order chi connectivity index (χ0) is 30.4. The predicted octanol–water partition coefficient (Wildman–Crippen LogP) is 6.57.